The zero-order valence-electron chi connectivity index (χ0n) is 10.9. The molecule has 3 heterocycles. The minimum absolute atomic E-state index is 0.230. The maximum absolute atomic E-state index is 5.78. The van der Waals surface area contributed by atoms with Crippen molar-refractivity contribution in [3.63, 3.8) is 0 Å². The molecule has 1 fully saturated rings. The molecule has 2 aromatic heterocycles. The summed E-state index contributed by atoms with van der Waals surface area (Å²) in [6.45, 7) is 2.84. The first-order valence-corrected chi connectivity index (χ1v) is 7.34. The van der Waals surface area contributed by atoms with Crippen LogP contribution in [0.3, 0.4) is 0 Å². The lowest BCUT2D eigenvalue weighted by Crippen LogP contribution is -2.21. The van der Waals surface area contributed by atoms with Crippen LogP contribution in [0.25, 0.3) is 10.8 Å². The third kappa shape index (κ3) is 2.79. The summed E-state index contributed by atoms with van der Waals surface area (Å²) in [6, 6.07) is 1.92. The van der Waals surface area contributed by atoms with Crippen molar-refractivity contribution in [3.05, 3.63) is 17.5 Å². The molecule has 2 N–H and O–H groups in total. The number of anilines is 1. The van der Waals surface area contributed by atoms with Crippen molar-refractivity contribution < 1.29 is 9.26 Å². The number of ether oxygens (including phenoxy) is 1. The molecular weight excluding hydrogens is 262 g/mol. The molecule has 1 aliphatic rings. The fourth-order valence-electron chi connectivity index (χ4n) is 2.32. The lowest BCUT2D eigenvalue weighted by Gasteiger charge is -2.20. The molecule has 102 valence electrons. The molecule has 0 radical (unpaired) electrons. The van der Waals surface area contributed by atoms with E-state index in [1.54, 1.807) is 0 Å². The van der Waals surface area contributed by atoms with E-state index in [9.17, 15) is 0 Å². The third-order valence-electron chi connectivity index (χ3n) is 3.28. The van der Waals surface area contributed by atoms with Crippen molar-refractivity contribution >= 4 is 16.3 Å². The van der Waals surface area contributed by atoms with Gasteiger partial charge in [0.15, 0.2) is 5.82 Å². The topological polar surface area (TPSA) is 74.2 Å². The van der Waals surface area contributed by atoms with Gasteiger partial charge in [-0.25, -0.2) is 0 Å². The predicted molar refractivity (Wildman–Crippen MR) is 74.1 cm³/mol. The normalized spacial score (nSPS) is 19.7. The van der Waals surface area contributed by atoms with Crippen molar-refractivity contribution in [1.82, 2.24) is 10.1 Å². The lowest BCUT2D eigenvalue weighted by molar-refractivity contribution is 0.0153. The zero-order valence-corrected chi connectivity index (χ0v) is 11.7. The molecule has 2 aromatic rings. The molecule has 0 spiro atoms. The number of hydrogen-bond acceptors (Lipinski definition) is 6. The molecule has 0 aromatic carbocycles. The van der Waals surface area contributed by atoms with E-state index in [0.29, 0.717) is 11.7 Å². The number of nitrogens with zero attached hydrogens (tertiary/aromatic N) is 2. The summed E-state index contributed by atoms with van der Waals surface area (Å²) in [6.07, 6.45) is 4.41. The third-order valence-corrected chi connectivity index (χ3v) is 4.34. The van der Waals surface area contributed by atoms with Crippen LogP contribution in [-0.4, -0.2) is 22.9 Å². The molecule has 0 saturated carbocycles. The molecular formula is C13H17N3O2S. The molecule has 0 amide bonds. The maximum Gasteiger partial charge on any atom is 0.268 e. The van der Waals surface area contributed by atoms with Crippen molar-refractivity contribution in [2.45, 2.75) is 38.7 Å². The van der Waals surface area contributed by atoms with Crippen LogP contribution < -0.4 is 5.73 Å². The van der Waals surface area contributed by atoms with Crippen LogP contribution in [-0.2, 0) is 11.2 Å². The largest absolute Gasteiger partial charge is 0.391 e. The van der Waals surface area contributed by atoms with Crippen LogP contribution in [0.2, 0.25) is 0 Å². The van der Waals surface area contributed by atoms with Crippen LogP contribution in [0.4, 0.5) is 5.00 Å². The molecule has 0 aliphatic carbocycles. The molecule has 5 nitrogen and oxygen atoms in total. The minimum Gasteiger partial charge on any atom is -0.391 e. The first-order valence-electron chi connectivity index (χ1n) is 6.53. The van der Waals surface area contributed by atoms with Gasteiger partial charge in [0.2, 0.25) is 0 Å². The Bertz CT molecular complexity index is 558. The molecule has 1 saturated heterocycles. The maximum atomic E-state index is 5.78. The van der Waals surface area contributed by atoms with Gasteiger partial charge in [-0.15, -0.1) is 11.3 Å². The number of nitrogens with two attached hydrogens (primary N) is 1. The molecule has 0 bridgehead atoms. The van der Waals surface area contributed by atoms with Crippen LogP contribution in [0, 0.1) is 6.92 Å². The molecule has 1 aliphatic heterocycles. The number of rotatable bonds is 3. The fourth-order valence-corrected chi connectivity index (χ4v) is 3.18. The summed E-state index contributed by atoms with van der Waals surface area (Å²) >= 11 is 1.48. The van der Waals surface area contributed by atoms with Crippen molar-refractivity contribution in [3.8, 4) is 10.8 Å². The second kappa shape index (κ2) is 5.30. The number of aryl methyl sites for hydroxylation is 1. The van der Waals surface area contributed by atoms with Crippen molar-refractivity contribution in [1.29, 1.82) is 0 Å². The van der Waals surface area contributed by atoms with Gasteiger partial charge in [0, 0.05) is 13.0 Å². The van der Waals surface area contributed by atoms with E-state index in [-0.39, 0.29) is 6.10 Å². The molecule has 19 heavy (non-hydrogen) atoms. The fraction of sp³-hybridized carbons (Fsp3) is 0.538. The van der Waals surface area contributed by atoms with Crippen molar-refractivity contribution in [2.75, 3.05) is 12.3 Å². The minimum atomic E-state index is 0.230. The highest BCUT2D eigenvalue weighted by atomic mass is 32.1. The van der Waals surface area contributed by atoms with Gasteiger partial charge in [-0.2, -0.15) is 4.98 Å². The van der Waals surface area contributed by atoms with E-state index in [1.807, 2.05) is 13.0 Å². The first-order chi connectivity index (χ1) is 9.22. The second-order valence-corrected chi connectivity index (χ2v) is 5.95. The van der Waals surface area contributed by atoms with E-state index in [0.717, 1.165) is 41.3 Å². The summed E-state index contributed by atoms with van der Waals surface area (Å²) in [5, 5.41) is 4.80. The average Bonchev–Trinajstić information content (AvgIpc) is 2.97. The Hall–Kier alpha value is -1.40. The smallest absolute Gasteiger partial charge is 0.268 e. The monoisotopic (exact) mass is 279 g/mol. The van der Waals surface area contributed by atoms with Gasteiger partial charge in [-0.05, 0) is 37.8 Å². The van der Waals surface area contributed by atoms with E-state index < -0.39 is 0 Å². The van der Waals surface area contributed by atoms with E-state index >= 15 is 0 Å². The SMILES string of the molecule is Cc1cc(N)sc1-c1nc(CC2CCCCO2)no1. The molecule has 6 heteroatoms. The Morgan fingerprint density at radius 2 is 2.37 bits per heavy atom. The Morgan fingerprint density at radius 3 is 3.05 bits per heavy atom. The lowest BCUT2D eigenvalue weighted by atomic mass is 10.1. The van der Waals surface area contributed by atoms with Gasteiger partial charge in [-0.1, -0.05) is 5.16 Å². The first kappa shape index (κ1) is 12.6. The van der Waals surface area contributed by atoms with Gasteiger partial charge in [0.1, 0.15) is 0 Å². The van der Waals surface area contributed by atoms with Gasteiger partial charge in [0.05, 0.1) is 16.0 Å². The Morgan fingerprint density at radius 1 is 1.47 bits per heavy atom. The number of aromatic nitrogens is 2. The number of nitrogen functional groups attached to an aromatic ring is 1. The summed E-state index contributed by atoms with van der Waals surface area (Å²) < 4.78 is 11.0. The van der Waals surface area contributed by atoms with Crippen LogP contribution >= 0.6 is 11.3 Å². The van der Waals surface area contributed by atoms with Crippen LogP contribution in [0.5, 0.6) is 0 Å². The Labute approximate surface area is 115 Å². The van der Waals surface area contributed by atoms with Crippen molar-refractivity contribution in [2.24, 2.45) is 0 Å². The number of hydrogen-bond donors (Lipinski definition) is 1. The van der Waals surface area contributed by atoms with E-state index in [2.05, 4.69) is 10.1 Å². The standard InChI is InChI=1S/C13H17N3O2S/c1-8-6-10(14)19-12(8)13-15-11(16-18-13)7-9-4-2-3-5-17-9/h6,9H,2-5,7,14H2,1H3. The Balaban J connectivity index is 1.74. The van der Waals surface area contributed by atoms with Gasteiger partial charge >= 0.3 is 0 Å². The van der Waals surface area contributed by atoms with Gasteiger partial charge in [0.25, 0.3) is 5.89 Å². The number of thiophene rings is 1. The van der Waals surface area contributed by atoms with E-state index in [4.69, 9.17) is 15.0 Å². The summed E-state index contributed by atoms with van der Waals surface area (Å²) in [5.41, 5.74) is 6.86. The quantitative estimate of drug-likeness (QED) is 0.935. The zero-order chi connectivity index (χ0) is 13.2. The highest BCUT2D eigenvalue weighted by Gasteiger charge is 2.19. The molecule has 1 atom stereocenters. The summed E-state index contributed by atoms with van der Waals surface area (Å²) in [7, 11) is 0. The molecule has 3 rings (SSSR count). The van der Waals surface area contributed by atoms with Crippen LogP contribution in [0.1, 0.15) is 30.7 Å². The Kier molecular flexibility index (Phi) is 3.52. The predicted octanol–water partition coefficient (Wildman–Crippen LogP) is 2.80. The second-order valence-electron chi connectivity index (χ2n) is 4.87. The summed E-state index contributed by atoms with van der Waals surface area (Å²) in [4.78, 5) is 5.40. The van der Waals surface area contributed by atoms with Crippen LogP contribution in [0.15, 0.2) is 10.6 Å². The highest BCUT2D eigenvalue weighted by molar-refractivity contribution is 7.19. The highest BCUT2D eigenvalue weighted by Crippen LogP contribution is 2.32. The van der Waals surface area contributed by atoms with Gasteiger partial charge in [-0.3, -0.25) is 0 Å². The molecule has 1 unspecified atom stereocenters. The van der Waals surface area contributed by atoms with E-state index in [1.165, 1.54) is 17.8 Å². The summed E-state index contributed by atoms with van der Waals surface area (Å²) in [5.74, 6) is 1.28. The average molecular weight is 279 g/mol. The van der Waals surface area contributed by atoms with Gasteiger partial charge < -0.3 is 15.0 Å².